The van der Waals surface area contributed by atoms with Gasteiger partial charge in [0.2, 0.25) is 29.4 Å². The summed E-state index contributed by atoms with van der Waals surface area (Å²) in [7, 11) is 1.52. The fourth-order valence-electron chi connectivity index (χ4n) is 4.40. The van der Waals surface area contributed by atoms with Gasteiger partial charge in [-0.3, -0.25) is 19.2 Å². The smallest absolute Gasteiger partial charge is 0.245 e. The lowest BCUT2D eigenvalue weighted by Crippen LogP contribution is -2.71. The van der Waals surface area contributed by atoms with Gasteiger partial charge in [-0.05, 0) is 38.0 Å². The number of likely N-dealkylation sites (N-methyl/N-ethyl adjacent to an activating group) is 1. The van der Waals surface area contributed by atoms with Crippen molar-refractivity contribution in [3.63, 3.8) is 0 Å². The second-order valence-electron chi connectivity index (χ2n) is 12.1. The molecule has 0 aromatic rings. The molecule has 0 radical (unpaired) electrons. The maximum atomic E-state index is 13.5. The predicted molar refractivity (Wildman–Crippen MR) is 155 cm³/mol. The van der Waals surface area contributed by atoms with Gasteiger partial charge < -0.3 is 47.0 Å². The Balaban J connectivity index is 6.17. The molecule has 4 amide bonds. The van der Waals surface area contributed by atoms with Gasteiger partial charge in [-0.25, -0.2) is 0 Å². The third-order valence-electron chi connectivity index (χ3n) is 7.90. The second-order valence-corrected chi connectivity index (χ2v) is 12.1. The highest BCUT2D eigenvalue weighted by atomic mass is 16.5. The van der Waals surface area contributed by atoms with Crippen molar-refractivity contribution in [2.24, 2.45) is 23.5 Å². The third kappa shape index (κ3) is 10.5. The van der Waals surface area contributed by atoms with E-state index in [0.29, 0.717) is 12.8 Å². The Hall–Kier alpha value is -2.32. The molecule has 0 aromatic heterocycles. The zero-order valence-electron chi connectivity index (χ0n) is 26.4. The molecule has 0 spiro atoms. The highest BCUT2D eigenvalue weighted by Crippen LogP contribution is 2.25. The van der Waals surface area contributed by atoms with Crippen LogP contribution in [0.2, 0.25) is 0 Å². The van der Waals surface area contributed by atoms with Crippen LogP contribution >= 0.6 is 0 Å². The summed E-state index contributed by atoms with van der Waals surface area (Å²) in [6, 6.07) is -4.82. The van der Waals surface area contributed by atoms with Crippen molar-refractivity contribution in [2.75, 3.05) is 13.7 Å². The number of aliphatic hydroxyl groups excluding tert-OH is 2. The van der Waals surface area contributed by atoms with E-state index in [4.69, 9.17) is 5.73 Å². The predicted octanol–water partition coefficient (Wildman–Crippen LogP) is -0.803. The minimum atomic E-state index is -2.74. The van der Waals surface area contributed by atoms with Gasteiger partial charge in [-0.2, -0.15) is 0 Å². The van der Waals surface area contributed by atoms with Gasteiger partial charge in [0, 0.05) is 14.0 Å². The van der Waals surface area contributed by atoms with E-state index >= 15 is 0 Å². The van der Waals surface area contributed by atoms with Gasteiger partial charge in [0.25, 0.3) is 0 Å². The first-order valence-electron chi connectivity index (χ1n) is 14.4. The maximum absolute atomic E-state index is 13.5. The van der Waals surface area contributed by atoms with Crippen molar-refractivity contribution in [1.29, 1.82) is 0 Å². The third-order valence-corrected chi connectivity index (χ3v) is 7.90. The Morgan fingerprint density at radius 1 is 0.854 bits per heavy atom. The topological polar surface area (TPSA) is 215 Å². The summed E-state index contributed by atoms with van der Waals surface area (Å²) in [6.07, 6.45) is -0.256. The van der Waals surface area contributed by atoms with Crippen LogP contribution in [-0.4, -0.2) is 104 Å². The van der Waals surface area contributed by atoms with Gasteiger partial charge in [0.05, 0.1) is 24.3 Å². The van der Waals surface area contributed by atoms with Gasteiger partial charge in [-0.15, -0.1) is 0 Å². The minimum absolute atomic E-state index is 0.0538. The Morgan fingerprint density at radius 2 is 1.32 bits per heavy atom. The molecule has 8 atom stereocenters. The number of hydrogen-bond acceptors (Lipinski definition) is 9. The van der Waals surface area contributed by atoms with Crippen LogP contribution in [-0.2, 0) is 19.2 Å². The molecule has 0 rings (SSSR count). The van der Waals surface area contributed by atoms with E-state index in [-0.39, 0.29) is 30.1 Å². The van der Waals surface area contributed by atoms with E-state index in [2.05, 4.69) is 16.0 Å². The quantitative estimate of drug-likeness (QED) is 0.0995. The maximum Gasteiger partial charge on any atom is 0.245 e. The summed E-state index contributed by atoms with van der Waals surface area (Å²) in [6.45, 7) is 13.9. The fourth-order valence-corrected chi connectivity index (χ4v) is 4.40. The van der Waals surface area contributed by atoms with Crippen LogP contribution in [0.3, 0.4) is 0 Å². The molecule has 9 N–H and O–H groups in total. The Morgan fingerprint density at radius 3 is 1.71 bits per heavy atom. The largest absolute Gasteiger partial charge is 0.394 e. The molecule has 0 fully saturated rings. The van der Waals surface area contributed by atoms with Crippen LogP contribution in [0.5, 0.6) is 0 Å². The lowest BCUT2D eigenvalue weighted by molar-refractivity contribution is -0.234. The fraction of sp³-hybridized carbons (Fsp3) is 0.857. The summed E-state index contributed by atoms with van der Waals surface area (Å²) >= 11 is 0. The number of amides is 4. The molecular weight excluding hydrogens is 534 g/mol. The molecule has 13 nitrogen and oxygen atoms in total. The van der Waals surface area contributed by atoms with Crippen LogP contribution in [0, 0.1) is 17.8 Å². The number of carbonyl (C=O) groups is 4. The van der Waals surface area contributed by atoms with Crippen LogP contribution in [0.25, 0.3) is 0 Å². The molecule has 0 aliphatic carbocycles. The molecule has 0 bridgehead atoms. The number of nitrogens with zero attached hydrogens (tertiary/aromatic N) is 1. The van der Waals surface area contributed by atoms with Crippen LogP contribution in [0.4, 0.5) is 0 Å². The lowest BCUT2D eigenvalue weighted by atomic mass is 9.83. The highest BCUT2D eigenvalue weighted by Gasteiger charge is 2.50. The zero-order chi connectivity index (χ0) is 32.5. The molecule has 41 heavy (non-hydrogen) atoms. The first-order chi connectivity index (χ1) is 18.7. The Labute approximate surface area is 244 Å². The van der Waals surface area contributed by atoms with Crippen molar-refractivity contribution in [1.82, 2.24) is 20.9 Å². The number of aliphatic hydroxyl groups is 4. The van der Waals surface area contributed by atoms with E-state index < -0.39 is 65.9 Å². The van der Waals surface area contributed by atoms with Crippen LogP contribution in [0.1, 0.15) is 81.6 Å². The van der Waals surface area contributed by atoms with E-state index in [1.807, 2.05) is 20.8 Å². The van der Waals surface area contributed by atoms with Gasteiger partial charge >= 0.3 is 0 Å². The Kier molecular flexibility index (Phi) is 15.4. The molecule has 0 heterocycles. The number of rotatable bonds is 17. The minimum Gasteiger partial charge on any atom is -0.394 e. The summed E-state index contributed by atoms with van der Waals surface area (Å²) in [4.78, 5) is 53.5. The molecule has 0 aliphatic rings. The molecule has 13 heteroatoms. The van der Waals surface area contributed by atoms with Crippen molar-refractivity contribution in [2.45, 2.75) is 123 Å². The second kappa shape index (κ2) is 16.4. The lowest BCUT2D eigenvalue weighted by Gasteiger charge is -2.43. The molecule has 0 saturated heterocycles. The molecule has 0 aromatic carbocycles. The zero-order valence-corrected chi connectivity index (χ0v) is 26.4. The standard InChI is InChI=1S/C28H55N5O8/c1-11-16(5)21(31-26(39)23(17(6)12-2)33(10)19(8)36)24(37)32-22(18(7)35)25(38)30-20(13-15(3)4)28(40,41)27(9,29)14-34/h15-18,20-23,34-35,40-41H,11-14,29H2,1-10H3,(H,30,38)(H,31,39)(H,32,37)/t16-,17-,18+,20-,21-,22-,23-,27-/m0/s1. The van der Waals surface area contributed by atoms with Crippen LogP contribution < -0.4 is 21.7 Å². The molecule has 0 aliphatic heterocycles. The summed E-state index contributed by atoms with van der Waals surface area (Å²) in [5.74, 6) is -5.94. The van der Waals surface area contributed by atoms with Crippen molar-refractivity contribution in [3.05, 3.63) is 0 Å². The van der Waals surface area contributed by atoms with E-state index in [9.17, 15) is 39.6 Å². The molecule has 0 unspecified atom stereocenters. The highest BCUT2D eigenvalue weighted by molar-refractivity contribution is 5.94. The average Bonchev–Trinajstić information content (AvgIpc) is 2.88. The summed E-state index contributed by atoms with van der Waals surface area (Å²) in [5, 5.41) is 49.4. The van der Waals surface area contributed by atoms with Gasteiger partial charge in [0.15, 0.2) is 0 Å². The summed E-state index contributed by atoms with van der Waals surface area (Å²) in [5.41, 5.74) is 4.00. The Bertz CT molecular complexity index is 880. The van der Waals surface area contributed by atoms with E-state index in [1.54, 1.807) is 20.8 Å². The first-order valence-corrected chi connectivity index (χ1v) is 14.4. The number of hydrogen-bond donors (Lipinski definition) is 8. The SMILES string of the molecule is CC[C@H](C)[C@H](NC(=O)[C@H]([C@@H](C)CC)N(C)C(C)=O)C(=O)N[C@H](C(=O)N[C@@H](CC(C)C)C(O)(O)[C@@](C)(N)CO)[C@@H](C)O. The van der Waals surface area contributed by atoms with Crippen LogP contribution in [0.15, 0.2) is 0 Å². The number of nitrogens with two attached hydrogens (primary N) is 1. The number of carbonyl (C=O) groups excluding carboxylic acids is 4. The number of nitrogens with one attached hydrogen (secondary N) is 3. The summed E-state index contributed by atoms with van der Waals surface area (Å²) < 4.78 is 0. The monoisotopic (exact) mass is 589 g/mol. The van der Waals surface area contributed by atoms with Gasteiger partial charge in [0.1, 0.15) is 18.1 Å². The van der Waals surface area contributed by atoms with Crippen molar-refractivity contribution >= 4 is 23.6 Å². The first kappa shape index (κ1) is 38.7. The average molecular weight is 590 g/mol. The molecule has 240 valence electrons. The van der Waals surface area contributed by atoms with E-state index in [1.165, 1.54) is 32.7 Å². The van der Waals surface area contributed by atoms with Gasteiger partial charge in [-0.1, -0.05) is 54.4 Å². The van der Waals surface area contributed by atoms with Crippen molar-refractivity contribution in [3.8, 4) is 0 Å². The van der Waals surface area contributed by atoms with E-state index in [0.717, 1.165) is 0 Å². The molecular formula is C28H55N5O8. The molecule has 0 saturated carbocycles. The van der Waals surface area contributed by atoms with Crippen molar-refractivity contribution < 1.29 is 39.6 Å². The normalized spacial score (nSPS) is 18.6.